The first-order chi connectivity index (χ1) is 14.4. The standard InChI is InChI=1S/C23H34N4O2S/c1-5-6-12-26(13-11-22(28)27-15-18(3)29-19(4)16-27)23-24-21(25-30-23)14-20-9-7-17(2)8-10-20/h7-10,18-19H,5-6,11-16H2,1-4H3. The van der Waals surface area contributed by atoms with Crippen LogP contribution in [0, 0.1) is 6.92 Å². The van der Waals surface area contributed by atoms with Crippen molar-refractivity contribution in [3.05, 3.63) is 41.2 Å². The second-order valence-electron chi connectivity index (χ2n) is 8.30. The van der Waals surface area contributed by atoms with Crippen LogP contribution in [0.4, 0.5) is 5.13 Å². The molecule has 1 fully saturated rings. The van der Waals surface area contributed by atoms with Crippen molar-refractivity contribution in [1.29, 1.82) is 0 Å². The van der Waals surface area contributed by atoms with Crippen molar-refractivity contribution in [1.82, 2.24) is 14.3 Å². The molecule has 0 saturated carbocycles. The molecule has 1 saturated heterocycles. The molecule has 2 heterocycles. The highest BCUT2D eigenvalue weighted by Crippen LogP contribution is 2.21. The molecule has 0 bridgehead atoms. The van der Waals surface area contributed by atoms with E-state index < -0.39 is 0 Å². The molecule has 2 atom stereocenters. The number of carbonyl (C=O) groups excluding carboxylic acids is 1. The van der Waals surface area contributed by atoms with Gasteiger partial charge < -0.3 is 14.5 Å². The van der Waals surface area contributed by atoms with Crippen LogP contribution in [0.5, 0.6) is 0 Å². The van der Waals surface area contributed by atoms with E-state index in [4.69, 9.17) is 9.72 Å². The Balaban J connectivity index is 1.60. The third-order valence-corrected chi connectivity index (χ3v) is 6.18. The van der Waals surface area contributed by atoms with Gasteiger partial charge in [-0.15, -0.1) is 0 Å². The maximum atomic E-state index is 12.8. The highest BCUT2D eigenvalue weighted by atomic mass is 32.1. The fourth-order valence-electron chi connectivity index (χ4n) is 3.76. The quantitative estimate of drug-likeness (QED) is 0.600. The lowest BCUT2D eigenvalue weighted by atomic mass is 10.1. The van der Waals surface area contributed by atoms with Gasteiger partial charge in [-0.2, -0.15) is 4.37 Å². The van der Waals surface area contributed by atoms with Gasteiger partial charge in [0.15, 0.2) is 0 Å². The van der Waals surface area contributed by atoms with Crippen LogP contribution in [0.1, 0.15) is 57.0 Å². The first-order valence-electron chi connectivity index (χ1n) is 11.0. The van der Waals surface area contributed by atoms with Crippen LogP contribution in [-0.4, -0.2) is 58.6 Å². The summed E-state index contributed by atoms with van der Waals surface area (Å²) in [5, 5.41) is 0.919. The molecule has 3 rings (SSSR count). The molecular formula is C23H34N4O2S. The average molecular weight is 431 g/mol. The first kappa shape index (κ1) is 22.7. The van der Waals surface area contributed by atoms with Crippen molar-refractivity contribution < 1.29 is 9.53 Å². The summed E-state index contributed by atoms with van der Waals surface area (Å²) < 4.78 is 10.3. The van der Waals surface area contributed by atoms with E-state index in [2.05, 4.69) is 47.4 Å². The summed E-state index contributed by atoms with van der Waals surface area (Å²) >= 11 is 1.44. The van der Waals surface area contributed by atoms with Gasteiger partial charge in [-0.25, -0.2) is 4.98 Å². The first-order valence-corrected chi connectivity index (χ1v) is 11.8. The number of amides is 1. The second kappa shape index (κ2) is 10.9. The van der Waals surface area contributed by atoms with E-state index in [1.165, 1.54) is 22.7 Å². The van der Waals surface area contributed by atoms with Crippen molar-refractivity contribution in [2.24, 2.45) is 0 Å². The second-order valence-corrected chi connectivity index (χ2v) is 9.03. The Morgan fingerprint density at radius 1 is 1.20 bits per heavy atom. The predicted octanol–water partition coefficient (Wildman–Crippen LogP) is 4.07. The number of morpholine rings is 1. The molecule has 2 aromatic rings. The number of aryl methyl sites for hydroxylation is 1. The Bertz CT molecular complexity index is 798. The van der Waals surface area contributed by atoms with Gasteiger partial charge in [0.2, 0.25) is 11.0 Å². The molecule has 1 aliphatic heterocycles. The van der Waals surface area contributed by atoms with E-state index in [-0.39, 0.29) is 18.1 Å². The number of ether oxygens (including phenoxy) is 1. The monoisotopic (exact) mass is 430 g/mol. The molecule has 6 nitrogen and oxygen atoms in total. The maximum absolute atomic E-state index is 12.8. The van der Waals surface area contributed by atoms with Crippen LogP contribution in [-0.2, 0) is 16.0 Å². The Labute approximate surface area is 184 Å². The van der Waals surface area contributed by atoms with Gasteiger partial charge in [0.25, 0.3) is 0 Å². The molecule has 2 unspecified atom stereocenters. The van der Waals surface area contributed by atoms with Crippen molar-refractivity contribution in [3.63, 3.8) is 0 Å². The van der Waals surface area contributed by atoms with E-state index in [9.17, 15) is 4.79 Å². The van der Waals surface area contributed by atoms with Gasteiger partial charge in [0.1, 0.15) is 5.82 Å². The number of aromatic nitrogens is 2. The van der Waals surface area contributed by atoms with Crippen molar-refractivity contribution in [3.8, 4) is 0 Å². The van der Waals surface area contributed by atoms with Crippen molar-refractivity contribution >= 4 is 22.6 Å². The zero-order valence-electron chi connectivity index (χ0n) is 18.6. The van der Waals surface area contributed by atoms with Crippen LogP contribution in [0.15, 0.2) is 24.3 Å². The molecule has 0 spiro atoms. The third-order valence-electron chi connectivity index (χ3n) is 5.36. The summed E-state index contributed by atoms with van der Waals surface area (Å²) in [4.78, 5) is 21.7. The molecule has 7 heteroatoms. The summed E-state index contributed by atoms with van der Waals surface area (Å²) in [7, 11) is 0. The summed E-state index contributed by atoms with van der Waals surface area (Å²) in [5.74, 6) is 1.05. The zero-order valence-corrected chi connectivity index (χ0v) is 19.5. The number of anilines is 1. The van der Waals surface area contributed by atoms with Gasteiger partial charge in [-0.1, -0.05) is 43.2 Å². The summed E-state index contributed by atoms with van der Waals surface area (Å²) in [6.07, 6.45) is 3.62. The number of benzene rings is 1. The number of carbonyl (C=O) groups is 1. The molecule has 1 aromatic carbocycles. The smallest absolute Gasteiger partial charge is 0.224 e. The highest BCUT2D eigenvalue weighted by molar-refractivity contribution is 7.09. The van der Waals surface area contributed by atoms with Gasteiger partial charge in [-0.3, -0.25) is 4.79 Å². The molecule has 164 valence electrons. The van der Waals surface area contributed by atoms with E-state index >= 15 is 0 Å². The molecular weight excluding hydrogens is 396 g/mol. The number of nitrogens with zero attached hydrogens (tertiary/aromatic N) is 4. The summed E-state index contributed by atoms with van der Waals surface area (Å²) in [6.45, 7) is 11.3. The lowest BCUT2D eigenvalue weighted by molar-refractivity contribution is -0.142. The lowest BCUT2D eigenvalue weighted by Gasteiger charge is -2.35. The lowest BCUT2D eigenvalue weighted by Crippen LogP contribution is -2.48. The van der Waals surface area contributed by atoms with Crippen LogP contribution in [0.3, 0.4) is 0 Å². The SMILES string of the molecule is CCCCN(CCC(=O)N1CC(C)OC(C)C1)c1nc(Cc2ccc(C)cc2)ns1. The molecule has 0 radical (unpaired) electrons. The molecule has 1 amide bonds. The highest BCUT2D eigenvalue weighted by Gasteiger charge is 2.26. The van der Waals surface area contributed by atoms with Gasteiger partial charge >= 0.3 is 0 Å². The Morgan fingerprint density at radius 3 is 2.57 bits per heavy atom. The normalized spacial score (nSPS) is 19.1. The van der Waals surface area contributed by atoms with Crippen molar-refractivity contribution in [2.75, 3.05) is 31.1 Å². The van der Waals surface area contributed by atoms with E-state index in [0.717, 1.165) is 36.8 Å². The average Bonchev–Trinajstić information content (AvgIpc) is 3.17. The molecule has 0 aliphatic carbocycles. The number of rotatable bonds is 9. The molecule has 0 N–H and O–H groups in total. The Hall–Kier alpha value is -1.99. The van der Waals surface area contributed by atoms with Crippen molar-refractivity contribution in [2.45, 2.75) is 65.6 Å². The zero-order chi connectivity index (χ0) is 21.5. The maximum Gasteiger partial charge on any atom is 0.224 e. The summed E-state index contributed by atoms with van der Waals surface area (Å²) in [6, 6.07) is 8.51. The third kappa shape index (κ3) is 6.51. The number of hydrogen-bond donors (Lipinski definition) is 0. The van der Waals surface area contributed by atoms with E-state index in [0.29, 0.717) is 26.1 Å². The minimum atomic E-state index is 0.0985. The number of unbranched alkanes of at least 4 members (excludes halogenated alkanes) is 1. The van der Waals surface area contributed by atoms with Crippen LogP contribution in [0.25, 0.3) is 0 Å². The molecule has 1 aromatic heterocycles. The van der Waals surface area contributed by atoms with Crippen LogP contribution >= 0.6 is 11.5 Å². The van der Waals surface area contributed by atoms with Gasteiger partial charge in [0, 0.05) is 50.6 Å². The fourth-order valence-corrected chi connectivity index (χ4v) is 4.49. The van der Waals surface area contributed by atoms with Crippen LogP contribution in [0.2, 0.25) is 0 Å². The van der Waals surface area contributed by atoms with Crippen LogP contribution < -0.4 is 4.90 Å². The van der Waals surface area contributed by atoms with Gasteiger partial charge in [-0.05, 0) is 32.8 Å². The predicted molar refractivity (Wildman–Crippen MR) is 122 cm³/mol. The largest absolute Gasteiger partial charge is 0.372 e. The fraction of sp³-hybridized carbons (Fsp3) is 0.609. The molecule has 30 heavy (non-hydrogen) atoms. The van der Waals surface area contributed by atoms with E-state index in [1.54, 1.807) is 0 Å². The minimum Gasteiger partial charge on any atom is -0.372 e. The topological polar surface area (TPSA) is 58.6 Å². The Morgan fingerprint density at radius 2 is 1.90 bits per heavy atom. The number of hydrogen-bond acceptors (Lipinski definition) is 6. The molecule has 1 aliphatic rings. The summed E-state index contributed by atoms with van der Waals surface area (Å²) in [5.41, 5.74) is 2.47. The van der Waals surface area contributed by atoms with Gasteiger partial charge in [0.05, 0.1) is 12.2 Å². The minimum absolute atomic E-state index is 0.0985. The Kier molecular flexibility index (Phi) is 8.22. The van der Waals surface area contributed by atoms with E-state index in [1.807, 2.05) is 18.7 Å².